The van der Waals surface area contributed by atoms with Crippen LogP contribution in [-0.2, 0) is 13.0 Å². The molecule has 1 unspecified atom stereocenters. The Hall–Kier alpha value is -2.82. The third-order valence-corrected chi connectivity index (χ3v) is 7.39. The van der Waals surface area contributed by atoms with Gasteiger partial charge < -0.3 is 14.4 Å². The molecule has 2 aliphatic rings. The molecule has 4 heteroatoms. The maximum Gasteiger partial charge on any atom is 0.118 e. The summed E-state index contributed by atoms with van der Waals surface area (Å²) in [7, 11) is 1.70. The SMILES string of the molecule is C=CC(O)[C@H]1C[C@H]2c3c(c4ccccc4n3Cc3ccc(OC)cc3)CCN2C/C1=C/C. The van der Waals surface area contributed by atoms with Crippen molar-refractivity contribution in [2.45, 2.75) is 38.5 Å². The van der Waals surface area contributed by atoms with E-state index >= 15 is 0 Å². The smallest absolute Gasteiger partial charge is 0.118 e. The van der Waals surface area contributed by atoms with E-state index < -0.39 is 6.10 Å². The fourth-order valence-electron chi connectivity index (χ4n) is 5.73. The van der Waals surface area contributed by atoms with E-state index in [0.29, 0.717) is 6.04 Å². The highest BCUT2D eigenvalue weighted by Crippen LogP contribution is 2.45. The molecule has 3 atom stereocenters. The van der Waals surface area contributed by atoms with Crippen molar-refractivity contribution in [2.75, 3.05) is 20.2 Å². The van der Waals surface area contributed by atoms with Crippen LogP contribution in [0, 0.1) is 5.92 Å². The highest BCUT2D eigenvalue weighted by Gasteiger charge is 2.40. The van der Waals surface area contributed by atoms with Crippen LogP contribution < -0.4 is 4.74 Å². The molecule has 3 heterocycles. The van der Waals surface area contributed by atoms with Crippen molar-refractivity contribution in [1.29, 1.82) is 0 Å². The predicted octanol–water partition coefficient (Wildman–Crippen LogP) is 5.11. The van der Waals surface area contributed by atoms with Crippen LogP contribution in [0.15, 0.2) is 72.8 Å². The Morgan fingerprint density at radius 1 is 1.19 bits per heavy atom. The molecule has 0 saturated carbocycles. The van der Waals surface area contributed by atoms with Gasteiger partial charge in [0.2, 0.25) is 0 Å². The summed E-state index contributed by atoms with van der Waals surface area (Å²) in [5.74, 6) is 1.00. The standard InChI is InChI=1S/C28H32N2O2/c1-4-20-18-29-15-14-23-22-8-6-7-9-25(22)30(17-19-10-12-21(32-3)13-11-19)28(23)26(29)16-24(20)27(31)5-2/h4-13,24,26-27,31H,2,14-18H2,1,3H3/b20-4-/t24-,26-,27?/m0/s1. The van der Waals surface area contributed by atoms with Gasteiger partial charge in [-0.15, -0.1) is 6.58 Å². The molecule has 0 aliphatic carbocycles. The lowest BCUT2D eigenvalue weighted by Crippen LogP contribution is -2.45. The molecule has 1 aromatic heterocycles. The maximum atomic E-state index is 10.7. The van der Waals surface area contributed by atoms with E-state index in [2.05, 4.69) is 65.4 Å². The molecule has 0 spiro atoms. The summed E-state index contributed by atoms with van der Waals surface area (Å²) in [6.45, 7) is 8.76. The van der Waals surface area contributed by atoms with E-state index in [9.17, 15) is 5.11 Å². The van der Waals surface area contributed by atoms with Crippen molar-refractivity contribution in [1.82, 2.24) is 9.47 Å². The summed E-state index contributed by atoms with van der Waals surface area (Å²) in [6.07, 6.45) is 5.36. The number of fused-ring (bicyclic) bond motifs is 5. The third-order valence-electron chi connectivity index (χ3n) is 7.39. The summed E-state index contributed by atoms with van der Waals surface area (Å²) in [5.41, 5.74) is 6.79. The maximum absolute atomic E-state index is 10.7. The van der Waals surface area contributed by atoms with Crippen molar-refractivity contribution in [3.8, 4) is 5.75 Å². The highest BCUT2D eigenvalue weighted by molar-refractivity contribution is 5.86. The Bertz CT molecular complexity index is 1160. The first kappa shape index (κ1) is 21.0. The van der Waals surface area contributed by atoms with Crippen molar-refractivity contribution in [2.24, 2.45) is 5.92 Å². The lowest BCUT2D eigenvalue weighted by Gasteiger charge is -2.45. The average Bonchev–Trinajstić information content (AvgIpc) is 3.17. The average molecular weight is 429 g/mol. The van der Waals surface area contributed by atoms with E-state index in [0.717, 1.165) is 38.2 Å². The van der Waals surface area contributed by atoms with Gasteiger partial charge in [-0.25, -0.2) is 0 Å². The number of hydrogen-bond acceptors (Lipinski definition) is 3. The minimum Gasteiger partial charge on any atom is -0.497 e. The van der Waals surface area contributed by atoms with Gasteiger partial charge in [-0.2, -0.15) is 0 Å². The van der Waals surface area contributed by atoms with E-state index in [-0.39, 0.29) is 5.92 Å². The molecule has 1 saturated heterocycles. The number of para-hydroxylation sites is 1. The first-order chi connectivity index (χ1) is 15.6. The molecule has 3 aromatic rings. The van der Waals surface area contributed by atoms with Gasteiger partial charge in [0, 0.05) is 42.1 Å². The fourth-order valence-corrected chi connectivity index (χ4v) is 5.73. The fraction of sp³-hybridized carbons (Fsp3) is 0.357. The second-order valence-corrected chi connectivity index (χ2v) is 8.98. The van der Waals surface area contributed by atoms with E-state index in [1.807, 2.05) is 12.1 Å². The van der Waals surface area contributed by atoms with Crippen LogP contribution in [-0.4, -0.2) is 40.9 Å². The molecule has 32 heavy (non-hydrogen) atoms. The lowest BCUT2D eigenvalue weighted by atomic mass is 9.79. The summed E-state index contributed by atoms with van der Waals surface area (Å²) >= 11 is 0. The van der Waals surface area contributed by atoms with E-state index in [4.69, 9.17) is 4.74 Å². The number of piperidine rings is 1. The van der Waals surface area contributed by atoms with Gasteiger partial charge in [0.1, 0.15) is 5.75 Å². The zero-order valence-electron chi connectivity index (χ0n) is 19.0. The molecule has 0 bridgehead atoms. The summed E-state index contributed by atoms with van der Waals surface area (Å²) in [4.78, 5) is 2.60. The van der Waals surface area contributed by atoms with Crippen molar-refractivity contribution < 1.29 is 9.84 Å². The van der Waals surface area contributed by atoms with Crippen LogP contribution in [0.2, 0.25) is 0 Å². The van der Waals surface area contributed by atoms with Gasteiger partial charge in [0.05, 0.1) is 19.3 Å². The second-order valence-electron chi connectivity index (χ2n) is 8.98. The van der Waals surface area contributed by atoms with E-state index in [1.54, 1.807) is 13.2 Å². The Morgan fingerprint density at radius 2 is 1.97 bits per heavy atom. The molecule has 1 fully saturated rings. The minimum absolute atomic E-state index is 0.122. The Kier molecular flexibility index (Phi) is 5.66. The zero-order chi connectivity index (χ0) is 22.2. The van der Waals surface area contributed by atoms with Crippen LogP contribution >= 0.6 is 0 Å². The quantitative estimate of drug-likeness (QED) is 0.574. The third kappa shape index (κ3) is 3.48. The number of ether oxygens (including phenoxy) is 1. The van der Waals surface area contributed by atoms with E-state index in [1.165, 1.54) is 33.3 Å². The summed E-state index contributed by atoms with van der Waals surface area (Å²) in [6, 6.07) is 17.5. The van der Waals surface area contributed by atoms with Crippen LogP contribution in [0.1, 0.15) is 36.2 Å². The molecule has 1 N–H and O–H groups in total. The number of nitrogens with zero attached hydrogens (tertiary/aromatic N) is 2. The summed E-state index contributed by atoms with van der Waals surface area (Å²) < 4.78 is 7.87. The van der Waals surface area contributed by atoms with Crippen molar-refractivity contribution in [3.63, 3.8) is 0 Å². The summed E-state index contributed by atoms with van der Waals surface area (Å²) in [5, 5.41) is 12.1. The van der Waals surface area contributed by atoms with Gasteiger partial charge >= 0.3 is 0 Å². The second kappa shape index (κ2) is 8.61. The van der Waals surface area contributed by atoms with Gasteiger partial charge in [0.25, 0.3) is 0 Å². The van der Waals surface area contributed by atoms with Gasteiger partial charge in [-0.05, 0) is 49.1 Å². The number of methoxy groups -OCH3 is 1. The number of rotatable bonds is 5. The first-order valence-electron chi connectivity index (χ1n) is 11.6. The molecule has 5 rings (SSSR count). The number of aromatic nitrogens is 1. The van der Waals surface area contributed by atoms with Crippen LogP contribution in [0.25, 0.3) is 10.9 Å². The normalized spacial score (nSPS) is 23.0. The Morgan fingerprint density at radius 3 is 2.69 bits per heavy atom. The predicted molar refractivity (Wildman–Crippen MR) is 130 cm³/mol. The first-order valence-corrected chi connectivity index (χ1v) is 11.6. The van der Waals surface area contributed by atoms with Gasteiger partial charge in [-0.1, -0.05) is 48.1 Å². The lowest BCUT2D eigenvalue weighted by molar-refractivity contribution is 0.0809. The number of benzene rings is 2. The molecule has 2 aliphatic heterocycles. The highest BCUT2D eigenvalue weighted by atomic mass is 16.5. The van der Waals surface area contributed by atoms with Crippen LogP contribution in [0.3, 0.4) is 0 Å². The molecular formula is C28H32N2O2. The molecular weight excluding hydrogens is 396 g/mol. The van der Waals surface area contributed by atoms with Gasteiger partial charge in [0.15, 0.2) is 0 Å². The molecule has 4 nitrogen and oxygen atoms in total. The van der Waals surface area contributed by atoms with Crippen molar-refractivity contribution >= 4 is 10.9 Å². The molecule has 2 aromatic carbocycles. The van der Waals surface area contributed by atoms with Crippen LogP contribution in [0.5, 0.6) is 5.75 Å². The largest absolute Gasteiger partial charge is 0.497 e. The number of allylic oxidation sites excluding steroid dienone is 1. The zero-order valence-corrected chi connectivity index (χ0v) is 19.0. The molecule has 0 radical (unpaired) electrons. The Labute approximate surface area is 190 Å². The minimum atomic E-state index is -0.506. The van der Waals surface area contributed by atoms with Gasteiger partial charge in [-0.3, -0.25) is 4.90 Å². The molecule has 0 amide bonds. The Balaban J connectivity index is 1.61. The monoisotopic (exact) mass is 428 g/mol. The van der Waals surface area contributed by atoms with Crippen LogP contribution in [0.4, 0.5) is 0 Å². The van der Waals surface area contributed by atoms with Crippen molar-refractivity contribution in [3.05, 3.63) is 89.7 Å². The molecule has 166 valence electrons. The number of aliphatic hydroxyl groups is 1. The number of aliphatic hydroxyl groups excluding tert-OH is 1. The number of hydrogen-bond donors (Lipinski definition) is 1. The topological polar surface area (TPSA) is 37.6 Å².